The minimum Gasteiger partial charge on any atom is -0.487 e. The van der Waals surface area contributed by atoms with E-state index in [4.69, 9.17) is 4.74 Å². The number of hydrogen-bond donors (Lipinski definition) is 0. The molecule has 1 aliphatic rings. The lowest BCUT2D eigenvalue weighted by Crippen LogP contribution is -1.98. The highest BCUT2D eigenvalue weighted by atomic mass is 19.1. The summed E-state index contributed by atoms with van der Waals surface area (Å²) in [5, 5.41) is 0. The van der Waals surface area contributed by atoms with Gasteiger partial charge in [0, 0.05) is 23.4 Å². The van der Waals surface area contributed by atoms with Crippen LogP contribution in [0.5, 0.6) is 5.75 Å². The van der Waals surface area contributed by atoms with E-state index in [1.165, 1.54) is 12.1 Å². The van der Waals surface area contributed by atoms with Crippen LogP contribution in [0, 0.1) is 5.82 Å². The molecule has 0 radical (unpaired) electrons. The van der Waals surface area contributed by atoms with E-state index in [0.717, 1.165) is 22.4 Å². The van der Waals surface area contributed by atoms with Gasteiger partial charge < -0.3 is 4.74 Å². The van der Waals surface area contributed by atoms with Gasteiger partial charge in [-0.15, -0.1) is 0 Å². The van der Waals surface area contributed by atoms with Crippen LogP contribution in [0.3, 0.4) is 0 Å². The van der Waals surface area contributed by atoms with Gasteiger partial charge in [-0.1, -0.05) is 12.6 Å². The molecular formula is C14H10FNO. The molecule has 17 heavy (non-hydrogen) atoms. The second kappa shape index (κ2) is 3.70. The lowest BCUT2D eigenvalue weighted by atomic mass is 9.98. The summed E-state index contributed by atoms with van der Waals surface area (Å²) in [7, 11) is 0. The average molecular weight is 227 g/mol. The molecule has 0 spiro atoms. The molecule has 0 fully saturated rings. The molecule has 2 nitrogen and oxygen atoms in total. The lowest BCUT2D eigenvalue weighted by molar-refractivity contribution is 0.301. The Kier molecular flexibility index (Phi) is 2.18. The van der Waals surface area contributed by atoms with Gasteiger partial charge in [0.1, 0.15) is 18.2 Å². The molecule has 0 saturated carbocycles. The third-order valence-corrected chi connectivity index (χ3v) is 2.85. The summed E-state index contributed by atoms with van der Waals surface area (Å²) in [6, 6.07) is 8.29. The molecule has 0 unspecified atom stereocenters. The Morgan fingerprint density at radius 2 is 2.12 bits per heavy atom. The number of benzene rings is 1. The number of fused-ring (bicyclic) bond motifs is 2. The predicted molar refractivity (Wildman–Crippen MR) is 63.1 cm³/mol. The molecule has 1 aromatic heterocycles. The first-order valence-corrected chi connectivity index (χ1v) is 5.31. The largest absolute Gasteiger partial charge is 0.487 e. The van der Waals surface area contributed by atoms with Crippen LogP contribution in [0.15, 0.2) is 43.1 Å². The summed E-state index contributed by atoms with van der Waals surface area (Å²) in [4.78, 5) is 4.26. The zero-order chi connectivity index (χ0) is 11.8. The maximum absolute atomic E-state index is 13.2. The molecule has 2 aromatic rings. The van der Waals surface area contributed by atoms with E-state index in [0.29, 0.717) is 12.4 Å². The van der Waals surface area contributed by atoms with Crippen LogP contribution in [-0.2, 0) is 6.61 Å². The minimum absolute atomic E-state index is 0.310. The third-order valence-electron chi connectivity index (χ3n) is 2.85. The molecule has 2 heterocycles. The van der Waals surface area contributed by atoms with Crippen molar-refractivity contribution in [2.45, 2.75) is 6.61 Å². The fraction of sp³-hybridized carbons (Fsp3) is 0.0714. The van der Waals surface area contributed by atoms with E-state index in [1.54, 1.807) is 12.3 Å². The van der Waals surface area contributed by atoms with Gasteiger partial charge >= 0.3 is 0 Å². The fourth-order valence-electron chi connectivity index (χ4n) is 1.98. The molecule has 3 heteroatoms. The second-order valence-electron chi connectivity index (χ2n) is 3.91. The Hall–Kier alpha value is -2.16. The highest BCUT2D eigenvalue weighted by Crippen LogP contribution is 2.34. The molecule has 0 amide bonds. The average Bonchev–Trinajstić information content (AvgIpc) is 2.48. The van der Waals surface area contributed by atoms with Crippen LogP contribution in [-0.4, -0.2) is 4.98 Å². The van der Waals surface area contributed by atoms with E-state index < -0.39 is 0 Å². The lowest BCUT2D eigenvalue weighted by Gasteiger charge is -2.07. The molecule has 0 aliphatic carbocycles. The molecule has 84 valence electrons. The minimum atomic E-state index is -0.310. The molecule has 3 rings (SSSR count). The maximum Gasteiger partial charge on any atom is 0.131 e. The zero-order valence-electron chi connectivity index (χ0n) is 9.11. The number of rotatable bonds is 0. The van der Waals surface area contributed by atoms with E-state index >= 15 is 0 Å². The van der Waals surface area contributed by atoms with Gasteiger partial charge in [-0.05, 0) is 23.8 Å². The van der Waals surface area contributed by atoms with Crippen molar-refractivity contribution < 1.29 is 9.13 Å². The van der Waals surface area contributed by atoms with Crippen molar-refractivity contribution in [1.82, 2.24) is 4.98 Å². The molecule has 0 bridgehead atoms. The van der Waals surface area contributed by atoms with Crippen LogP contribution in [0.25, 0.3) is 5.57 Å². The van der Waals surface area contributed by atoms with Gasteiger partial charge in [0.2, 0.25) is 0 Å². The van der Waals surface area contributed by atoms with Gasteiger partial charge in [0.25, 0.3) is 0 Å². The summed E-state index contributed by atoms with van der Waals surface area (Å²) >= 11 is 0. The van der Waals surface area contributed by atoms with Gasteiger partial charge in [0.05, 0.1) is 5.69 Å². The molecule has 0 N–H and O–H groups in total. The first kappa shape index (κ1) is 10.0. The van der Waals surface area contributed by atoms with Gasteiger partial charge in [0.15, 0.2) is 0 Å². The van der Waals surface area contributed by atoms with Crippen molar-refractivity contribution in [3.63, 3.8) is 0 Å². The molecule has 0 saturated heterocycles. The van der Waals surface area contributed by atoms with Crippen LogP contribution < -0.4 is 4.74 Å². The Morgan fingerprint density at radius 1 is 1.24 bits per heavy atom. The van der Waals surface area contributed by atoms with Crippen molar-refractivity contribution in [3.05, 3.63) is 65.7 Å². The van der Waals surface area contributed by atoms with Crippen molar-refractivity contribution in [2.24, 2.45) is 0 Å². The highest BCUT2D eigenvalue weighted by Gasteiger charge is 2.18. The Morgan fingerprint density at radius 3 is 3.00 bits per heavy atom. The Balaban J connectivity index is 2.20. The fourth-order valence-corrected chi connectivity index (χ4v) is 1.98. The number of pyridine rings is 1. The summed E-state index contributed by atoms with van der Waals surface area (Å²) in [6.45, 7) is 4.38. The smallest absolute Gasteiger partial charge is 0.131 e. The first-order valence-electron chi connectivity index (χ1n) is 5.31. The standard InChI is InChI=1S/C14H10FNO/c1-9-11-3-2-6-16-13(11)8-17-14-7-10(15)4-5-12(9)14/h2-7H,1,8H2. The van der Waals surface area contributed by atoms with Crippen molar-refractivity contribution in [2.75, 3.05) is 0 Å². The van der Waals surface area contributed by atoms with E-state index in [2.05, 4.69) is 11.6 Å². The predicted octanol–water partition coefficient (Wildman–Crippen LogP) is 3.17. The number of halogens is 1. The summed E-state index contributed by atoms with van der Waals surface area (Å²) < 4.78 is 18.7. The Bertz CT molecular complexity index is 607. The number of aromatic nitrogens is 1. The van der Waals surface area contributed by atoms with Crippen LogP contribution in [0.2, 0.25) is 0 Å². The SMILES string of the molecule is C=C1c2ccc(F)cc2OCc2ncccc21. The van der Waals surface area contributed by atoms with Gasteiger partial charge in [-0.25, -0.2) is 4.39 Å². The highest BCUT2D eigenvalue weighted by molar-refractivity contribution is 5.82. The summed E-state index contributed by atoms with van der Waals surface area (Å²) in [5.41, 5.74) is 3.42. The number of hydrogen-bond acceptors (Lipinski definition) is 2. The molecule has 1 aliphatic heterocycles. The van der Waals surface area contributed by atoms with Gasteiger partial charge in [-0.3, -0.25) is 4.98 Å². The van der Waals surface area contributed by atoms with E-state index in [1.807, 2.05) is 12.1 Å². The summed E-state index contributed by atoms with van der Waals surface area (Å²) in [6.07, 6.45) is 1.71. The topological polar surface area (TPSA) is 22.1 Å². The van der Waals surface area contributed by atoms with Crippen LogP contribution >= 0.6 is 0 Å². The quantitative estimate of drug-likeness (QED) is 0.689. The van der Waals surface area contributed by atoms with Crippen molar-refractivity contribution >= 4 is 5.57 Å². The molecule has 1 aromatic carbocycles. The van der Waals surface area contributed by atoms with Crippen molar-refractivity contribution in [3.8, 4) is 5.75 Å². The number of ether oxygens (including phenoxy) is 1. The first-order chi connectivity index (χ1) is 8.25. The van der Waals surface area contributed by atoms with E-state index in [9.17, 15) is 4.39 Å². The summed E-state index contributed by atoms with van der Waals surface area (Å²) in [5.74, 6) is 0.212. The third kappa shape index (κ3) is 1.60. The molecular weight excluding hydrogens is 217 g/mol. The zero-order valence-corrected chi connectivity index (χ0v) is 9.11. The second-order valence-corrected chi connectivity index (χ2v) is 3.91. The van der Waals surface area contributed by atoms with Gasteiger partial charge in [-0.2, -0.15) is 0 Å². The van der Waals surface area contributed by atoms with Crippen LogP contribution in [0.1, 0.15) is 16.8 Å². The normalized spacial score (nSPS) is 13.4. The number of nitrogens with zero attached hydrogens (tertiary/aromatic N) is 1. The monoisotopic (exact) mass is 227 g/mol. The maximum atomic E-state index is 13.2. The van der Waals surface area contributed by atoms with E-state index in [-0.39, 0.29) is 5.82 Å². The molecule has 0 atom stereocenters. The Labute approximate surface area is 98.4 Å². The van der Waals surface area contributed by atoms with Crippen LogP contribution in [0.4, 0.5) is 4.39 Å². The van der Waals surface area contributed by atoms with Crippen molar-refractivity contribution in [1.29, 1.82) is 0 Å².